The van der Waals surface area contributed by atoms with E-state index in [1.807, 2.05) is 57.5 Å². The van der Waals surface area contributed by atoms with Gasteiger partial charge in [-0.2, -0.15) is 0 Å². The summed E-state index contributed by atoms with van der Waals surface area (Å²) in [6.45, 7) is 8.14. The Bertz CT molecular complexity index is 4080. The number of Topliss-reactive ketones (excluding diaryl/α,β-unsaturated/α-hetero) is 2. The first kappa shape index (κ1) is 94.0. The van der Waals surface area contributed by atoms with Crippen LogP contribution in [0.3, 0.4) is 0 Å². The molecule has 632 valence electrons. The van der Waals surface area contributed by atoms with E-state index < -0.39 is 35.6 Å². The van der Waals surface area contributed by atoms with Crippen molar-refractivity contribution in [2.24, 2.45) is 0 Å². The second-order valence-electron chi connectivity index (χ2n) is 28.9. The summed E-state index contributed by atoms with van der Waals surface area (Å²) in [4.78, 5) is 48.5. The number of rotatable bonds is 53. The van der Waals surface area contributed by atoms with Crippen molar-refractivity contribution >= 4 is 117 Å². The number of hydrogen-bond donors (Lipinski definition) is 2. The van der Waals surface area contributed by atoms with Crippen LogP contribution in [-0.4, -0.2) is 266 Å². The Labute approximate surface area is 707 Å². The van der Waals surface area contributed by atoms with Crippen molar-refractivity contribution in [2.75, 3.05) is 204 Å². The summed E-state index contributed by atoms with van der Waals surface area (Å²) >= 11 is 38.9. The lowest BCUT2D eigenvalue weighted by Crippen LogP contribution is -2.43. The summed E-state index contributed by atoms with van der Waals surface area (Å²) in [5.74, 6) is -1.23. The van der Waals surface area contributed by atoms with Gasteiger partial charge < -0.3 is 62.6 Å². The average Bonchev–Trinajstić information content (AvgIpc) is 0.782. The number of hydrogen-bond acceptors (Lipinski definition) is 22. The van der Waals surface area contributed by atoms with Gasteiger partial charge >= 0.3 is 0 Å². The topological polar surface area (TPSA) is 274 Å². The number of nitrogens with zero attached hydrogens (tertiary/aromatic N) is 4. The number of sulfonamides is 1. The van der Waals surface area contributed by atoms with Gasteiger partial charge in [-0.05, 0) is 170 Å². The van der Waals surface area contributed by atoms with Crippen LogP contribution in [0.25, 0.3) is 0 Å². The molecular formula is C82H106Cl6N6O18S3. The van der Waals surface area contributed by atoms with Crippen LogP contribution in [0.1, 0.15) is 106 Å². The molecule has 3 aliphatic rings. The van der Waals surface area contributed by atoms with E-state index in [4.69, 9.17) is 112 Å². The smallest absolute Gasteiger partial charge is 0.240 e. The maximum absolute atomic E-state index is 13.4. The summed E-state index contributed by atoms with van der Waals surface area (Å²) in [6, 6.07) is 31.9. The van der Waals surface area contributed by atoms with Crippen molar-refractivity contribution in [3.63, 3.8) is 0 Å². The molecule has 0 spiro atoms. The number of halogens is 6. The molecule has 24 nitrogen and oxygen atoms in total. The molecule has 6 aromatic rings. The normalized spacial score (nSPS) is 16.2. The third-order valence-corrected chi connectivity index (χ3v) is 26.4. The minimum Gasteiger partial charge on any atom is -0.379 e. The highest BCUT2D eigenvalue weighted by molar-refractivity contribution is 7.91. The summed E-state index contributed by atoms with van der Waals surface area (Å²) in [5.41, 5.74) is 8.50. The van der Waals surface area contributed by atoms with Crippen molar-refractivity contribution < 1.29 is 82.3 Å². The van der Waals surface area contributed by atoms with Crippen LogP contribution >= 0.6 is 69.6 Å². The molecule has 3 heterocycles. The number of carbonyl (C=O) groups is 3. The number of ketones is 2. The molecule has 0 saturated carbocycles. The highest BCUT2D eigenvalue weighted by Crippen LogP contribution is 2.42. The molecule has 0 aromatic heterocycles. The molecule has 0 radical (unpaired) electrons. The first-order valence-corrected chi connectivity index (χ1v) is 45.7. The zero-order valence-corrected chi connectivity index (χ0v) is 72.4. The van der Waals surface area contributed by atoms with E-state index in [0.29, 0.717) is 95.1 Å². The Morgan fingerprint density at radius 1 is 0.391 bits per heavy atom. The van der Waals surface area contributed by atoms with Gasteiger partial charge in [0.05, 0.1) is 138 Å². The molecule has 2 N–H and O–H groups in total. The number of ether oxygens (including phenoxy) is 9. The van der Waals surface area contributed by atoms with Crippen LogP contribution in [0.2, 0.25) is 30.1 Å². The number of fused-ring (bicyclic) bond motifs is 3. The second-order valence-corrected chi connectivity index (χ2v) is 37.4. The fraction of sp³-hybridized carbons (Fsp3) is 0.524. The Hall–Kier alpha value is -4.84. The highest BCUT2D eigenvalue weighted by atomic mass is 35.5. The molecule has 3 aliphatic heterocycles. The zero-order valence-electron chi connectivity index (χ0n) is 65.4. The van der Waals surface area contributed by atoms with E-state index in [2.05, 4.69) is 24.7 Å². The van der Waals surface area contributed by atoms with Gasteiger partial charge in [0.2, 0.25) is 15.9 Å². The van der Waals surface area contributed by atoms with Gasteiger partial charge in [-0.15, -0.1) is 0 Å². The first-order chi connectivity index (χ1) is 55.2. The van der Waals surface area contributed by atoms with Crippen molar-refractivity contribution in [1.82, 2.24) is 29.6 Å². The van der Waals surface area contributed by atoms with Crippen LogP contribution < -0.4 is 10.0 Å². The number of amides is 1. The van der Waals surface area contributed by atoms with E-state index >= 15 is 0 Å². The lowest BCUT2D eigenvalue weighted by Gasteiger charge is -2.33. The molecule has 115 heavy (non-hydrogen) atoms. The second kappa shape index (κ2) is 48.0. The van der Waals surface area contributed by atoms with Crippen molar-refractivity contribution in [3.05, 3.63) is 189 Å². The Kier molecular flexibility index (Phi) is 39.2. The number of sulfone groups is 2. The molecule has 0 unspecified atom stereocenters. The molecule has 0 bridgehead atoms. The summed E-state index contributed by atoms with van der Waals surface area (Å²) in [5, 5.41) is 6.15. The quantitative estimate of drug-likeness (QED) is 0.0336. The van der Waals surface area contributed by atoms with Gasteiger partial charge in [-0.1, -0.05) is 106 Å². The molecule has 9 rings (SSSR count). The van der Waals surface area contributed by atoms with Crippen LogP contribution in [0, 0.1) is 0 Å². The maximum atomic E-state index is 13.4. The number of nitrogens with one attached hydrogen (secondary N) is 2. The van der Waals surface area contributed by atoms with Gasteiger partial charge in [0.1, 0.15) is 11.6 Å². The predicted molar refractivity (Wildman–Crippen MR) is 447 cm³/mol. The molecule has 6 aromatic carbocycles. The van der Waals surface area contributed by atoms with Gasteiger partial charge in [-0.3, -0.25) is 19.3 Å². The van der Waals surface area contributed by atoms with Crippen LogP contribution in [0.4, 0.5) is 0 Å². The van der Waals surface area contributed by atoms with Crippen LogP contribution in [0.15, 0.2) is 124 Å². The Morgan fingerprint density at radius 3 is 1.07 bits per heavy atom. The SMILES string of the molecule is CN1Cc2c(Cl)cc(Cl)cc2[C@H](c2cccc(S(=O)(=O)CCCOCCOCCOCCCC(=O)CN(CC(=O)CCCOCCOCCOCCCS(=O)(=O)c3cccc([C@@H]4CN(C)Cc5c(Cl)cc(Cl)cc54)c3)CC(=O)NCCOCCOCCOCCNS(=O)(=O)c3cccc([C@@H]4CN(C)Cc5c(Cl)cc(Cl)cc54)c3)c2)C1. The predicted octanol–water partition coefficient (Wildman–Crippen LogP) is 11.6. The van der Waals surface area contributed by atoms with Gasteiger partial charge in [0.25, 0.3) is 0 Å². The number of carbonyl (C=O) groups excluding carboxylic acids is 3. The monoisotopic (exact) mass is 1770 g/mol. The van der Waals surface area contributed by atoms with Crippen molar-refractivity contribution in [1.29, 1.82) is 0 Å². The summed E-state index contributed by atoms with van der Waals surface area (Å²) in [6.07, 6.45) is 1.69. The number of likely N-dealkylation sites (N-methyl/N-ethyl adjacent to an activating group) is 3. The number of benzene rings is 6. The largest absolute Gasteiger partial charge is 0.379 e. The third-order valence-electron chi connectivity index (χ3n) is 19.7. The van der Waals surface area contributed by atoms with E-state index in [0.717, 1.165) is 50.1 Å². The standard InChI is InChI=1S/C82H106Cl6N6O18S3/c1-91-52-73(70-44-62(83)47-79(86)76(70)55-91)59-11-4-16-67(41-59)113(98,99)39-9-23-106-29-35-110-33-27-104-21-7-14-65(95)50-94(51-66(96)15-8-22-105-28-34-111-36-30-107-24-10-40-114(100,101)68-17-5-12-60(42-68)74-53-92(2)56-77-71(74)45-63(84)48-80(77)87)58-82(97)89-19-25-108-31-37-112-38-32-109-26-20-90-115(102,103)69-18-6-13-61(43-69)75-54-93(3)57-78-72(75)46-64(85)49-81(78)88/h4-6,11-13,16-18,41-49,73-75,90H,7-10,14-15,19-40,50-58H2,1-3H3,(H,89,97)/t73-,74-,75-/m0/s1. The fourth-order valence-electron chi connectivity index (χ4n) is 14.1. The third kappa shape index (κ3) is 30.7. The first-order valence-electron chi connectivity index (χ1n) is 38.7. The molecule has 1 amide bonds. The summed E-state index contributed by atoms with van der Waals surface area (Å²) in [7, 11) is -5.04. The minimum atomic E-state index is -3.85. The fourth-order valence-corrected chi connectivity index (χ4v) is 19.6. The van der Waals surface area contributed by atoms with E-state index in [9.17, 15) is 39.6 Å². The van der Waals surface area contributed by atoms with Crippen LogP contribution in [-0.2, 0) is 106 Å². The maximum Gasteiger partial charge on any atom is 0.240 e. The molecule has 0 aliphatic carbocycles. The summed E-state index contributed by atoms with van der Waals surface area (Å²) < 4.78 is 134. The van der Waals surface area contributed by atoms with Gasteiger partial charge in [-0.25, -0.2) is 30.0 Å². The molecular weight excluding hydrogens is 1670 g/mol. The molecule has 0 saturated heterocycles. The lowest BCUT2D eigenvalue weighted by molar-refractivity contribution is -0.126. The highest BCUT2D eigenvalue weighted by Gasteiger charge is 2.32. The van der Waals surface area contributed by atoms with Gasteiger partial charge in [0.15, 0.2) is 19.7 Å². The molecule has 0 fully saturated rings. The molecule has 3 atom stereocenters. The van der Waals surface area contributed by atoms with E-state index in [-0.39, 0.29) is 220 Å². The van der Waals surface area contributed by atoms with E-state index in [1.165, 1.54) is 4.90 Å². The average molecular weight is 1770 g/mol. The van der Waals surface area contributed by atoms with Crippen molar-refractivity contribution in [2.45, 2.75) is 90.6 Å². The lowest BCUT2D eigenvalue weighted by atomic mass is 9.85. The Balaban J connectivity index is 0.616. The Morgan fingerprint density at radius 2 is 0.704 bits per heavy atom. The van der Waals surface area contributed by atoms with Gasteiger partial charge in [0, 0.05) is 140 Å². The minimum absolute atomic E-state index is 0.0469. The van der Waals surface area contributed by atoms with Crippen molar-refractivity contribution in [3.8, 4) is 0 Å². The van der Waals surface area contributed by atoms with E-state index in [1.54, 1.807) is 72.8 Å². The molecule has 33 heteroatoms. The zero-order chi connectivity index (χ0) is 82.3. The van der Waals surface area contributed by atoms with Crippen LogP contribution in [0.5, 0.6) is 0 Å².